The Bertz CT molecular complexity index is 2490. The molecule has 1 aromatic carbocycles. The van der Waals surface area contributed by atoms with Crippen LogP contribution in [0.2, 0.25) is 0 Å². The molecule has 5 heterocycles. The lowest BCUT2D eigenvalue weighted by Crippen LogP contribution is -2.65. The van der Waals surface area contributed by atoms with Crippen molar-refractivity contribution in [2.75, 3.05) is 70.5 Å². The first kappa shape index (κ1) is 60.6. The molecule has 6 fully saturated rings. The van der Waals surface area contributed by atoms with E-state index in [1.54, 1.807) is 27.7 Å². The Morgan fingerprint density at radius 1 is 0.951 bits per heavy atom. The first-order valence-electron chi connectivity index (χ1n) is 32.2. The van der Waals surface area contributed by atoms with Crippen molar-refractivity contribution >= 4 is 39.4 Å². The molecule has 0 aromatic heterocycles. The smallest absolute Gasteiger partial charge is 0.332 e. The van der Waals surface area contributed by atoms with Crippen molar-refractivity contribution in [1.82, 2.24) is 26.2 Å². The summed E-state index contributed by atoms with van der Waals surface area (Å²) in [7, 11) is 3.34. The van der Waals surface area contributed by atoms with Crippen LogP contribution in [0.25, 0.3) is 0 Å². The minimum atomic E-state index is -1.18. The number of piperazine rings is 1. The van der Waals surface area contributed by atoms with Gasteiger partial charge in [0.2, 0.25) is 5.91 Å². The second kappa shape index (κ2) is 26.5. The molecule has 10 aliphatic rings. The van der Waals surface area contributed by atoms with E-state index >= 15 is 4.79 Å². The number of hydrogen-bond donors (Lipinski definition) is 8. The van der Waals surface area contributed by atoms with Gasteiger partial charge in [0.1, 0.15) is 17.7 Å². The summed E-state index contributed by atoms with van der Waals surface area (Å²) < 4.78 is 20.9. The summed E-state index contributed by atoms with van der Waals surface area (Å²) >= 11 is 0. The maximum Gasteiger partial charge on any atom is 0.332 e. The molecule has 2 saturated carbocycles. The van der Waals surface area contributed by atoms with Crippen LogP contribution in [0.5, 0.6) is 11.5 Å². The van der Waals surface area contributed by atoms with Gasteiger partial charge in [0.15, 0.2) is 11.5 Å². The fourth-order valence-electron chi connectivity index (χ4n) is 18.2. The second-order valence-electron chi connectivity index (χ2n) is 27.4. The topological polar surface area (TPSA) is 211 Å². The third-order valence-electron chi connectivity index (χ3n) is 22.4. The molecule has 17 heteroatoms. The van der Waals surface area contributed by atoms with Crippen molar-refractivity contribution in [2.24, 2.45) is 46.3 Å². The number of aromatic hydroxyl groups is 1. The summed E-state index contributed by atoms with van der Waals surface area (Å²) in [6.07, 6.45) is 18.6. The van der Waals surface area contributed by atoms with Crippen LogP contribution >= 0.6 is 21.6 Å². The minimum absolute atomic E-state index is 0.00686. The molecular weight excluding hydrogens is 1070 g/mol. The fourth-order valence-corrected chi connectivity index (χ4v) is 20.9. The number of benzene rings is 1. The number of rotatable bonds is 11. The number of ether oxygens (including phenoxy) is 3. The Morgan fingerprint density at radius 3 is 2.54 bits per heavy atom. The molecule has 1 aromatic rings. The number of phenolic OH excluding ortho intramolecular Hbond substituents is 1. The Balaban J connectivity index is 0.962. The number of carbonyl (C=O) groups excluding carboxylic acids is 3. The number of amides is 1. The molecular formula is C65H97N5O10S2. The van der Waals surface area contributed by atoms with Gasteiger partial charge in [-0.1, -0.05) is 71.4 Å². The number of nitrogens with zero attached hydrogens (tertiary/aromatic N) is 1. The second-order valence-corrected chi connectivity index (χ2v) is 29.9. The highest BCUT2D eigenvalue weighted by molar-refractivity contribution is 8.76. The quantitative estimate of drug-likeness (QED) is 0.0348. The van der Waals surface area contributed by atoms with E-state index in [0.717, 1.165) is 108 Å². The van der Waals surface area contributed by atoms with Gasteiger partial charge in [0.25, 0.3) is 0 Å². The number of fused-ring (bicyclic) bond motifs is 5. The predicted molar refractivity (Wildman–Crippen MR) is 321 cm³/mol. The molecule has 11 rings (SSSR count). The van der Waals surface area contributed by atoms with E-state index in [4.69, 9.17) is 14.2 Å². The molecule has 5 aliphatic heterocycles. The van der Waals surface area contributed by atoms with E-state index in [2.05, 4.69) is 56.2 Å². The number of nitrogens with one attached hydrogen (secondary N) is 4. The van der Waals surface area contributed by atoms with E-state index in [1.165, 1.54) is 13.3 Å². The highest BCUT2D eigenvalue weighted by atomic mass is 33.1. The van der Waals surface area contributed by atoms with Crippen LogP contribution in [0.4, 0.5) is 0 Å². The molecule has 454 valence electrons. The normalized spacial score (nSPS) is 38.6. The van der Waals surface area contributed by atoms with Gasteiger partial charge in [-0.3, -0.25) is 14.5 Å². The molecule has 82 heavy (non-hydrogen) atoms. The molecule has 0 unspecified atom stereocenters. The van der Waals surface area contributed by atoms with Crippen LogP contribution in [-0.2, 0) is 23.9 Å². The molecule has 0 radical (unpaired) electrons. The zero-order valence-electron chi connectivity index (χ0n) is 49.2. The van der Waals surface area contributed by atoms with E-state index in [-0.39, 0.29) is 77.6 Å². The zero-order chi connectivity index (χ0) is 57.1. The molecule has 4 saturated heterocycles. The number of aliphatic hydroxyl groups is 3. The Labute approximate surface area is 496 Å². The van der Waals surface area contributed by atoms with Gasteiger partial charge >= 0.3 is 11.9 Å². The van der Waals surface area contributed by atoms with Crippen LogP contribution in [0.3, 0.4) is 0 Å². The number of phenols is 1. The van der Waals surface area contributed by atoms with Crippen LogP contribution in [0, 0.1) is 58.2 Å². The lowest BCUT2D eigenvalue weighted by molar-refractivity contribution is -0.183. The first-order valence-corrected chi connectivity index (χ1v) is 34.7. The van der Waals surface area contributed by atoms with Crippen molar-refractivity contribution in [3.63, 3.8) is 0 Å². The van der Waals surface area contributed by atoms with Gasteiger partial charge in [0.05, 0.1) is 18.3 Å². The summed E-state index contributed by atoms with van der Waals surface area (Å²) in [5, 5.41) is 62.3. The summed E-state index contributed by atoms with van der Waals surface area (Å²) in [6, 6.07) is 4.12. The van der Waals surface area contributed by atoms with E-state index in [1.807, 2.05) is 6.92 Å². The lowest BCUT2D eigenvalue weighted by atomic mass is 9.51. The van der Waals surface area contributed by atoms with Crippen LogP contribution < -0.4 is 26.0 Å². The average Bonchev–Trinajstić information content (AvgIpc) is 2.59. The summed E-state index contributed by atoms with van der Waals surface area (Å²) in [5.74, 6) is 7.78. The third kappa shape index (κ3) is 12.8. The molecule has 0 bridgehead atoms. The summed E-state index contributed by atoms with van der Waals surface area (Å²) in [4.78, 5) is 45.9. The van der Waals surface area contributed by atoms with Crippen molar-refractivity contribution in [1.29, 1.82) is 0 Å². The number of allylic oxidation sites excluding steroid dienone is 1. The van der Waals surface area contributed by atoms with Crippen molar-refractivity contribution in [3.05, 3.63) is 35.4 Å². The number of aliphatic hydroxyl groups excluding tert-OH is 2. The van der Waals surface area contributed by atoms with E-state index in [0.29, 0.717) is 113 Å². The van der Waals surface area contributed by atoms with E-state index < -0.39 is 46.8 Å². The van der Waals surface area contributed by atoms with Gasteiger partial charge < -0.3 is 55.9 Å². The summed E-state index contributed by atoms with van der Waals surface area (Å²) in [6.45, 7) is 10.2. The Morgan fingerprint density at radius 2 is 1.74 bits per heavy atom. The van der Waals surface area contributed by atoms with Crippen LogP contribution in [0.1, 0.15) is 178 Å². The number of piperidine rings is 2. The molecule has 15 atom stereocenters. The number of carbonyl (C=O) groups is 3. The predicted octanol–water partition coefficient (Wildman–Crippen LogP) is 7.88. The average molecular weight is 1170 g/mol. The molecule has 8 N–H and O–H groups in total. The first-order chi connectivity index (χ1) is 39.7. The van der Waals surface area contributed by atoms with E-state index in [9.17, 15) is 30.0 Å². The highest BCUT2D eigenvalue weighted by Gasteiger charge is 2.61. The molecule has 15 nitrogen and oxygen atoms in total. The number of esters is 2. The van der Waals surface area contributed by atoms with Crippen molar-refractivity contribution < 1.29 is 49.0 Å². The molecule has 1 spiro atoms. The third-order valence-corrected chi connectivity index (χ3v) is 25.0. The van der Waals surface area contributed by atoms with Crippen molar-refractivity contribution in [2.45, 2.75) is 208 Å². The minimum Gasteiger partial charge on any atom is -0.504 e. The molecule has 5 aliphatic carbocycles. The van der Waals surface area contributed by atoms with Gasteiger partial charge in [0, 0.05) is 123 Å². The highest BCUT2D eigenvalue weighted by Crippen LogP contribution is 2.65. The largest absolute Gasteiger partial charge is 0.504 e. The maximum absolute atomic E-state index is 15.8. The Kier molecular flexibility index (Phi) is 19.6. The maximum atomic E-state index is 15.8. The Hall–Kier alpha value is -3.05. The van der Waals surface area contributed by atoms with Gasteiger partial charge in [-0.25, -0.2) is 4.79 Å². The summed E-state index contributed by atoms with van der Waals surface area (Å²) in [5.41, 5.74) is -1.39. The zero-order valence-corrected chi connectivity index (χ0v) is 50.8. The number of hydrogen-bond acceptors (Lipinski definition) is 16. The molecule has 1 amide bonds. The fraction of sp³-hybridized carbons (Fsp3) is 0.800. The van der Waals surface area contributed by atoms with Gasteiger partial charge in [-0.2, -0.15) is 0 Å². The van der Waals surface area contributed by atoms with Crippen LogP contribution in [-0.4, -0.2) is 155 Å². The lowest BCUT2D eigenvalue weighted by Gasteiger charge is -2.56. The van der Waals surface area contributed by atoms with Crippen LogP contribution in [0.15, 0.2) is 24.3 Å². The standard InChI is InChI=1S/C65H97N5O10S2/c1-42(72)79-55-36-56(80-61(76)65-24-4-3-14-46(65)16-21-57(75)69-65)64(25-28-66-29-26-64)59-44(35-50-51(63(40-71)22-5-6-23-63)38-78-60-54(74)20-18-49(59)58(50)60)12-8-13-45-37-62(2,77)41-82-81-39-52(53(73)19-17-48(45)55)68-27-9-11-43-10-7-15-47(34-43)70-32-30-67-31-33-70/h7,15,18,20,43-48,50-53,55-56,59,66-68,71,73-74,77H,3-6,9-11,13-14,16-17,19,21-41H2,1-2H3,(H,69,75)/t43-,44-,45+,46+,47-,48-,50+,51-,52+,53+,55-,56+,59-,62-,65+/m0/s1. The SMILES string of the molecule is CC(=O)O[C@H]1C[C@@H](OC(=O)[C@@]23CCCC[C@@H]2CCC(=O)N3)C2(CCNCC2)[C@@H]2c3ccc(O)c4c3[C@H](C[C@@H]2C#CC[C@@H]2C[C@](C)(O)CSSC[C@@H](NCCC[C@@H]3CC=C[C@H](N5CCNCC5)C3)[C@H](O)CC[C@@H]21)[C@@H](C1(CO)CCCC1)CO4. The van der Waals surface area contributed by atoms with Crippen molar-refractivity contribution in [3.8, 4) is 23.3 Å². The van der Waals surface area contributed by atoms with Gasteiger partial charge in [-0.05, 0) is 158 Å². The van der Waals surface area contributed by atoms with Gasteiger partial charge in [-0.15, -0.1) is 5.92 Å². The monoisotopic (exact) mass is 1170 g/mol.